The van der Waals surface area contributed by atoms with Crippen LogP contribution in [0.15, 0.2) is 59.4 Å². The Kier molecular flexibility index (Phi) is 5.77. The molecule has 0 unspecified atom stereocenters. The zero-order chi connectivity index (χ0) is 23.1. The minimum atomic E-state index is -1.02. The van der Waals surface area contributed by atoms with Crippen LogP contribution in [0, 0.1) is 0 Å². The molecule has 3 aromatic carbocycles. The minimum Gasteiger partial charge on any atom is -0.480 e. The Balaban J connectivity index is 1.50. The number of benzene rings is 3. The summed E-state index contributed by atoms with van der Waals surface area (Å²) in [6, 6.07) is 17.3. The van der Waals surface area contributed by atoms with E-state index in [2.05, 4.69) is 29.2 Å². The second-order valence-electron chi connectivity index (χ2n) is 8.39. The van der Waals surface area contributed by atoms with E-state index in [1.165, 1.54) is 11.3 Å². The van der Waals surface area contributed by atoms with Crippen molar-refractivity contribution in [2.45, 2.75) is 25.8 Å². The van der Waals surface area contributed by atoms with E-state index < -0.39 is 5.97 Å². The van der Waals surface area contributed by atoms with Crippen molar-refractivity contribution in [3.05, 3.63) is 86.0 Å². The first-order chi connectivity index (χ1) is 15.9. The van der Waals surface area contributed by atoms with Gasteiger partial charge in [0, 0.05) is 29.5 Å². The summed E-state index contributed by atoms with van der Waals surface area (Å²) in [4.78, 5) is 27.2. The van der Waals surface area contributed by atoms with Crippen LogP contribution < -0.4 is 10.3 Å². The molecule has 1 N–H and O–H groups in total. The number of aryl methyl sites for hydroxylation is 1. The van der Waals surface area contributed by atoms with Crippen LogP contribution in [0.3, 0.4) is 0 Å². The Hall–Kier alpha value is -3.02. The number of hydrogen-bond acceptors (Lipinski definition) is 3. The molecule has 5 rings (SSSR count). The fourth-order valence-corrected chi connectivity index (χ4v) is 5.23. The van der Waals surface area contributed by atoms with E-state index in [0.717, 1.165) is 37.9 Å². The number of carbonyl (C=O) groups is 1. The van der Waals surface area contributed by atoms with E-state index >= 15 is 0 Å². The summed E-state index contributed by atoms with van der Waals surface area (Å²) in [6.07, 6.45) is 2.84. The first kappa shape index (κ1) is 21.8. The summed E-state index contributed by atoms with van der Waals surface area (Å²) in [5, 5.41) is 10.8. The van der Waals surface area contributed by atoms with Crippen molar-refractivity contribution in [2.75, 3.05) is 18.0 Å². The summed E-state index contributed by atoms with van der Waals surface area (Å²) >= 11 is 12.6. The van der Waals surface area contributed by atoms with Crippen molar-refractivity contribution < 1.29 is 9.90 Å². The fourth-order valence-electron chi connectivity index (χ4n) is 4.81. The van der Waals surface area contributed by atoms with Crippen molar-refractivity contribution in [3.63, 3.8) is 0 Å². The number of aliphatic carboxylic acids is 1. The van der Waals surface area contributed by atoms with E-state index in [4.69, 9.17) is 23.2 Å². The molecule has 5 nitrogen and oxygen atoms in total. The van der Waals surface area contributed by atoms with Crippen molar-refractivity contribution in [1.82, 2.24) is 4.57 Å². The Morgan fingerprint density at radius 2 is 1.82 bits per heavy atom. The van der Waals surface area contributed by atoms with Gasteiger partial charge < -0.3 is 14.6 Å². The number of fused-ring (bicyclic) bond motifs is 3. The van der Waals surface area contributed by atoms with Crippen LogP contribution in [0.1, 0.15) is 17.5 Å². The lowest BCUT2D eigenvalue weighted by Gasteiger charge is -2.19. The zero-order valence-electron chi connectivity index (χ0n) is 17.9. The molecule has 1 aliphatic heterocycles. The van der Waals surface area contributed by atoms with Gasteiger partial charge in [0.2, 0.25) is 0 Å². The van der Waals surface area contributed by atoms with Crippen LogP contribution in [0.2, 0.25) is 10.0 Å². The van der Waals surface area contributed by atoms with Gasteiger partial charge in [-0.3, -0.25) is 9.59 Å². The van der Waals surface area contributed by atoms with Crippen molar-refractivity contribution in [3.8, 4) is 0 Å². The molecule has 0 spiro atoms. The molecule has 1 aromatic heterocycles. The average Bonchev–Trinajstić information content (AvgIpc) is 3.21. The van der Waals surface area contributed by atoms with E-state index in [1.54, 1.807) is 22.8 Å². The lowest BCUT2D eigenvalue weighted by Crippen LogP contribution is -2.22. The maximum atomic E-state index is 13.1. The third-order valence-corrected chi connectivity index (χ3v) is 7.15. The van der Waals surface area contributed by atoms with Crippen LogP contribution in [-0.4, -0.2) is 28.7 Å². The van der Waals surface area contributed by atoms with Crippen molar-refractivity contribution >= 4 is 56.7 Å². The lowest BCUT2D eigenvalue weighted by molar-refractivity contribution is -0.137. The Morgan fingerprint density at radius 3 is 2.64 bits per heavy atom. The smallest absolute Gasteiger partial charge is 0.323 e. The number of carboxylic acids is 1. The minimum absolute atomic E-state index is 0.180. The topological polar surface area (TPSA) is 62.5 Å². The highest BCUT2D eigenvalue weighted by Crippen LogP contribution is 2.32. The molecule has 2 heterocycles. The summed E-state index contributed by atoms with van der Waals surface area (Å²) in [5.74, 6) is -1.02. The molecule has 0 saturated heterocycles. The zero-order valence-corrected chi connectivity index (χ0v) is 19.4. The summed E-state index contributed by atoms with van der Waals surface area (Å²) in [7, 11) is 0. The molecular weight excluding hydrogens is 459 g/mol. The Morgan fingerprint density at radius 1 is 1.03 bits per heavy atom. The molecule has 33 heavy (non-hydrogen) atoms. The number of carboxylic acid groups (broad SMARTS) is 1. The molecule has 0 radical (unpaired) electrons. The molecule has 0 atom stereocenters. The Bertz CT molecular complexity index is 1460. The van der Waals surface area contributed by atoms with E-state index in [-0.39, 0.29) is 22.0 Å². The third-order valence-electron chi connectivity index (χ3n) is 6.35. The van der Waals surface area contributed by atoms with Gasteiger partial charge in [-0.2, -0.15) is 0 Å². The van der Waals surface area contributed by atoms with Crippen molar-refractivity contribution in [2.24, 2.45) is 0 Å². The monoisotopic (exact) mass is 480 g/mol. The number of rotatable bonds is 6. The Labute approximate surface area is 200 Å². The van der Waals surface area contributed by atoms with Gasteiger partial charge in [0.15, 0.2) is 5.43 Å². The van der Waals surface area contributed by atoms with Crippen LogP contribution in [-0.2, 0) is 24.2 Å². The van der Waals surface area contributed by atoms with E-state index in [9.17, 15) is 14.7 Å². The standard InChI is InChI=1S/C26H22Cl2N2O3/c27-20-10-9-19-25(24(20)28)30(15-23(31)32)22-14-16(7-8-18(22)26(19)33)4-3-12-29-13-11-17-5-1-2-6-21(17)29/h1-2,5-10,14H,3-4,11-13,15H2,(H,31,32). The van der Waals surface area contributed by atoms with Gasteiger partial charge in [0.25, 0.3) is 0 Å². The first-order valence-corrected chi connectivity index (χ1v) is 11.7. The molecule has 0 amide bonds. The quantitative estimate of drug-likeness (QED) is 0.368. The highest BCUT2D eigenvalue weighted by Gasteiger charge is 2.19. The first-order valence-electron chi connectivity index (χ1n) is 10.9. The molecule has 0 aliphatic carbocycles. The highest BCUT2D eigenvalue weighted by atomic mass is 35.5. The second-order valence-corrected chi connectivity index (χ2v) is 9.17. The summed E-state index contributed by atoms with van der Waals surface area (Å²) in [5.41, 5.74) is 4.48. The molecule has 0 saturated carbocycles. The van der Waals surface area contributed by atoms with E-state index in [1.807, 2.05) is 12.1 Å². The summed E-state index contributed by atoms with van der Waals surface area (Å²) in [6.45, 7) is 1.65. The molecule has 0 fully saturated rings. The highest BCUT2D eigenvalue weighted by molar-refractivity contribution is 6.45. The molecule has 7 heteroatoms. The second kappa shape index (κ2) is 8.73. The van der Waals surface area contributed by atoms with Crippen LogP contribution >= 0.6 is 23.2 Å². The number of halogens is 2. The van der Waals surface area contributed by atoms with Gasteiger partial charge in [0.1, 0.15) is 6.54 Å². The number of pyridine rings is 1. The predicted octanol–water partition coefficient (Wildman–Crippen LogP) is 5.54. The van der Waals surface area contributed by atoms with Gasteiger partial charge in [-0.25, -0.2) is 0 Å². The number of anilines is 1. The van der Waals surface area contributed by atoms with Gasteiger partial charge in [-0.1, -0.05) is 47.5 Å². The van der Waals surface area contributed by atoms with Gasteiger partial charge >= 0.3 is 5.97 Å². The number of nitrogens with zero attached hydrogens (tertiary/aromatic N) is 2. The largest absolute Gasteiger partial charge is 0.480 e. The normalized spacial score (nSPS) is 13.1. The molecule has 4 aromatic rings. The molecule has 1 aliphatic rings. The maximum absolute atomic E-state index is 13.1. The van der Waals surface area contributed by atoms with Crippen LogP contribution in [0.4, 0.5) is 5.69 Å². The van der Waals surface area contributed by atoms with Gasteiger partial charge in [-0.15, -0.1) is 0 Å². The average molecular weight is 481 g/mol. The SMILES string of the molecule is O=C(O)Cn1c2cc(CCCN3CCc4ccccc43)ccc2c(=O)c2ccc(Cl)c(Cl)c21. The van der Waals surface area contributed by atoms with Gasteiger partial charge in [0.05, 0.1) is 21.1 Å². The van der Waals surface area contributed by atoms with E-state index in [0.29, 0.717) is 21.8 Å². The lowest BCUT2D eigenvalue weighted by atomic mass is 10.0. The molecule has 168 valence electrons. The fraction of sp³-hybridized carbons (Fsp3) is 0.231. The predicted molar refractivity (Wildman–Crippen MR) is 134 cm³/mol. The number of para-hydroxylation sites is 1. The van der Waals surface area contributed by atoms with Gasteiger partial charge in [-0.05, 0) is 60.7 Å². The number of aromatic nitrogens is 1. The van der Waals surface area contributed by atoms with Crippen LogP contribution in [0.5, 0.6) is 0 Å². The number of hydrogen-bond donors (Lipinski definition) is 1. The third kappa shape index (κ3) is 3.96. The summed E-state index contributed by atoms with van der Waals surface area (Å²) < 4.78 is 1.59. The molecule has 0 bridgehead atoms. The van der Waals surface area contributed by atoms with Crippen molar-refractivity contribution in [1.29, 1.82) is 0 Å². The maximum Gasteiger partial charge on any atom is 0.323 e. The molecular formula is C26H22Cl2N2O3. The van der Waals surface area contributed by atoms with Crippen LogP contribution in [0.25, 0.3) is 21.8 Å².